The number of carbonyl (C=O) groups is 2. The zero-order valence-corrected chi connectivity index (χ0v) is 11.8. The fraction of sp³-hybridized carbons (Fsp3) is 0.429. The summed E-state index contributed by atoms with van der Waals surface area (Å²) < 4.78 is 12.7. The summed E-state index contributed by atoms with van der Waals surface area (Å²) in [7, 11) is 0. The number of rotatable bonds is 4. The Bertz CT molecular complexity index is 479. The summed E-state index contributed by atoms with van der Waals surface area (Å²) in [6, 6.07) is 5.75. The van der Waals surface area contributed by atoms with Gasteiger partial charge >= 0.3 is 0 Å². The highest BCUT2D eigenvalue weighted by Crippen LogP contribution is 2.10. The fourth-order valence-corrected chi connectivity index (χ4v) is 2.89. The summed E-state index contributed by atoms with van der Waals surface area (Å²) in [5.41, 5.74) is 0.964. The normalized spacial score (nSPS) is 19.1. The van der Waals surface area contributed by atoms with Crippen molar-refractivity contribution in [1.82, 2.24) is 10.6 Å². The van der Waals surface area contributed by atoms with Crippen molar-refractivity contribution in [3.05, 3.63) is 35.6 Å². The summed E-state index contributed by atoms with van der Waals surface area (Å²) in [5, 5.41) is 5.52. The Morgan fingerprint density at radius 3 is 2.90 bits per heavy atom. The lowest BCUT2D eigenvalue weighted by molar-refractivity contribution is -0.128. The van der Waals surface area contributed by atoms with Gasteiger partial charge in [-0.15, -0.1) is 0 Å². The van der Waals surface area contributed by atoms with Crippen LogP contribution in [0.3, 0.4) is 0 Å². The molecular weight excluding hydrogens is 279 g/mol. The lowest BCUT2D eigenvalue weighted by Crippen LogP contribution is -2.47. The van der Waals surface area contributed by atoms with Gasteiger partial charge in [-0.25, -0.2) is 4.39 Å². The van der Waals surface area contributed by atoms with E-state index in [0.717, 1.165) is 11.3 Å². The van der Waals surface area contributed by atoms with Gasteiger partial charge in [0.2, 0.25) is 11.8 Å². The van der Waals surface area contributed by atoms with Gasteiger partial charge in [0.25, 0.3) is 0 Å². The van der Waals surface area contributed by atoms with E-state index in [0.29, 0.717) is 25.1 Å². The minimum absolute atomic E-state index is 0.0753. The zero-order valence-electron chi connectivity index (χ0n) is 11.0. The molecule has 0 saturated carbocycles. The Morgan fingerprint density at radius 2 is 2.15 bits per heavy atom. The third kappa shape index (κ3) is 4.52. The first-order chi connectivity index (χ1) is 9.65. The number of halogens is 1. The largest absolute Gasteiger partial charge is 0.354 e. The van der Waals surface area contributed by atoms with E-state index < -0.39 is 6.04 Å². The van der Waals surface area contributed by atoms with E-state index in [4.69, 9.17) is 0 Å². The number of thioether (sulfide) groups is 1. The molecule has 1 aromatic carbocycles. The fourth-order valence-electron chi connectivity index (χ4n) is 1.92. The maximum absolute atomic E-state index is 12.7. The Balaban J connectivity index is 1.76. The summed E-state index contributed by atoms with van der Waals surface area (Å²) in [4.78, 5) is 23.3. The average molecular weight is 296 g/mol. The molecule has 1 heterocycles. The van der Waals surface area contributed by atoms with Crippen LogP contribution < -0.4 is 10.6 Å². The van der Waals surface area contributed by atoms with Crippen LogP contribution in [0.25, 0.3) is 0 Å². The van der Waals surface area contributed by atoms with E-state index in [2.05, 4.69) is 10.6 Å². The Labute approximate surface area is 121 Å². The quantitative estimate of drug-likeness (QED) is 0.875. The van der Waals surface area contributed by atoms with Crippen molar-refractivity contribution in [3.8, 4) is 0 Å². The van der Waals surface area contributed by atoms with Gasteiger partial charge in [0.05, 0.1) is 0 Å². The lowest BCUT2D eigenvalue weighted by Gasteiger charge is -2.15. The summed E-state index contributed by atoms with van der Waals surface area (Å²) in [6.45, 7) is 0.474. The minimum Gasteiger partial charge on any atom is -0.354 e. The van der Waals surface area contributed by atoms with Crippen LogP contribution in [0.15, 0.2) is 24.3 Å². The van der Waals surface area contributed by atoms with Crippen LogP contribution in [0.2, 0.25) is 0 Å². The standard InChI is InChI=1S/C14H17FN2O2S/c15-11-3-1-10(2-4-11)5-7-16-14(19)12-9-20-8-6-13(18)17-12/h1-4,12H,5-9H2,(H,16,19)(H,17,18). The van der Waals surface area contributed by atoms with Gasteiger partial charge < -0.3 is 10.6 Å². The molecule has 0 radical (unpaired) electrons. The van der Waals surface area contributed by atoms with E-state index in [1.54, 1.807) is 23.9 Å². The Morgan fingerprint density at radius 1 is 1.40 bits per heavy atom. The molecule has 1 aliphatic heterocycles. The molecule has 20 heavy (non-hydrogen) atoms. The monoisotopic (exact) mass is 296 g/mol. The van der Waals surface area contributed by atoms with Gasteiger partial charge in [0, 0.05) is 24.5 Å². The van der Waals surface area contributed by atoms with Crippen LogP contribution in [0, 0.1) is 5.82 Å². The first-order valence-corrected chi connectivity index (χ1v) is 7.70. The van der Waals surface area contributed by atoms with Crippen LogP contribution >= 0.6 is 11.8 Å². The van der Waals surface area contributed by atoms with Gasteiger partial charge in [-0.05, 0) is 24.1 Å². The SMILES string of the molecule is O=C1CCSCC(C(=O)NCCc2ccc(F)cc2)N1. The molecular formula is C14H17FN2O2S. The molecule has 4 nitrogen and oxygen atoms in total. The maximum Gasteiger partial charge on any atom is 0.243 e. The lowest BCUT2D eigenvalue weighted by atomic mass is 10.1. The van der Waals surface area contributed by atoms with Crippen LogP contribution in [0.1, 0.15) is 12.0 Å². The van der Waals surface area contributed by atoms with E-state index >= 15 is 0 Å². The minimum atomic E-state index is -0.455. The molecule has 1 aromatic rings. The van der Waals surface area contributed by atoms with Crippen LogP contribution in [-0.2, 0) is 16.0 Å². The number of hydrogen-bond acceptors (Lipinski definition) is 3. The highest BCUT2D eigenvalue weighted by Gasteiger charge is 2.22. The Hall–Kier alpha value is -1.56. The van der Waals surface area contributed by atoms with E-state index in [1.807, 2.05) is 0 Å². The molecule has 0 spiro atoms. The molecule has 2 N–H and O–H groups in total. The molecule has 1 fully saturated rings. The van der Waals surface area contributed by atoms with E-state index in [9.17, 15) is 14.0 Å². The molecule has 1 atom stereocenters. The van der Waals surface area contributed by atoms with Crippen molar-refractivity contribution < 1.29 is 14.0 Å². The van der Waals surface area contributed by atoms with Crippen molar-refractivity contribution in [2.75, 3.05) is 18.1 Å². The summed E-state index contributed by atoms with van der Waals surface area (Å²) in [5.74, 6) is 0.860. The second-order valence-corrected chi connectivity index (χ2v) is 5.76. The first-order valence-electron chi connectivity index (χ1n) is 6.54. The van der Waals surface area contributed by atoms with Crippen molar-refractivity contribution >= 4 is 23.6 Å². The second kappa shape index (κ2) is 7.28. The third-order valence-electron chi connectivity index (χ3n) is 3.04. The van der Waals surface area contributed by atoms with E-state index in [1.165, 1.54) is 12.1 Å². The topological polar surface area (TPSA) is 58.2 Å². The number of nitrogens with one attached hydrogen (secondary N) is 2. The van der Waals surface area contributed by atoms with Gasteiger partial charge in [0.1, 0.15) is 11.9 Å². The van der Waals surface area contributed by atoms with Gasteiger partial charge in [-0.3, -0.25) is 9.59 Å². The zero-order chi connectivity index (χ0) is 14.4. The molecule has 6 heteroatoms. The maximum atomic E-state index is 12.7. The number of hydrogen-bond donors (Lipinski definition) is 2. The van der Waals surface area contributed by atoms with Crippen LogP contribution in [0.5, 0.6) is 0 Å². The van der Waals surface area contributed by atoms with Crippen molar-refractivity contribution in [1.29, 1.82) is 0 Å². The average Bonchev–Trinajstić information content (AvgIpc) is 2.65. The van der Waals surface area contributed by atoms with Gasteiger partial charge in [0.15, 0.2) is 0 Å². The number of carbonyl (C=O) groups excluding carboxylic acids is 2. The molecule has 1 aliphatic rings. The Kier molecular flexibility index (Phi) is 5.40. The van der Waals surface area contributed by atoms with Crippen molar-refractivity contribution in [3.63, 3.8) is 0 Å². The van der Waals surface area contributed by atoms with E-state index in [-0.39, 0.29) is 17.6 Å². The molecule has 0 aliphatic carbocycles. The predicted octanol–water partition coefficient (Wildman–Crippen LogP) is 1.11. The molecule has 2 amide bonds. The van der Waals surface area contributed by atoms with Gasteiger partial charge in [-0.2, -0.15) is 11.8 Å². The van der Waals surface area contributed by atoms with Crippen molar-refractivity contribution in [2.45, 2.75) is 18.9 Å². The molecule has 0 bridgehead atoms. The van der Waals surface area contributed by atoms with Crippen LogP contribution in [0.4, 0.5) is 4.39 Å². The molecule has 0 aromatic heterocycles. The molecule has 2 rings (SSSR count). The smallest absolute Gasteiger partial charge is 0.243 e. The van der Waals surface area contributed by atoms with Gasteiger partial charge in [-0.1, -0.05) is 12.1 Å². The highest BCUT2D eigenvalue weighted by atomic mass is 32.2. The summed E-state index contributed by atoms with van der Waals surface area (Å²) >= 11 is 1.60. The number of amides is 2. The first kappa shape index (κ1) is 14.8. The number of benzene rings is 1. The molecule has 1 saturated heterocycles. The summed E-state index contributed by atoms with van der Waals surface area (Å²) in [6.07, 6.45) is 1.10. The van der Waals surface area contributed by atoms with Crippen LogP contribution in [-0.4, -0.2) is 35.9 Å². The second-order valence-electron chi connectivity index (χ2n) is 4.61. The molecule has 1 unspecified atom stereocenters. The highest BCUT2D eigenvalue weighted by molar-refractivity contribution is 7.99. The van der Waals surface area contributed by atoms with Crippen molar-refractivity contribution in [2.24, 2.45) is 0 Å². The molecule has 108 valence electrons. The third-order valence-corrected chi connectivity index (χ3v) is 4.10. The predicted molar refractivity (Wildman–Crippen MR) is 77.0 cm³/mol.